The van der Waals surface area contributed by atoms with E-state index in [2.05, 4.69) is 6.58 Å². The van der Waals surface area contributed by atoms with Gasteiger partial charge in [-0.1, -0.05) is 6.58 Å². The quantitative estimate of drug-likeness (QED) is 0.416. The Kier molecular flexibility index (Phi) is 3.66. The molecule has 1 heterocycles. The molecule has 1 aromatic heterocycles. The van der Waals surface area contributed by atoms with Gasteiger partial charge in [0, 0.05) is 12.5 Å². The van der Waals surface area contributed by atoms with Crippen molar-refractivity contribution in [1.82, 2.24) is 4.57 Å². The summed E-state index contributed by atoms with van der Waals surface area (Å²) in [4.78, 5) is 11.1. The van der Waals surface area contributed by atoms with Crippen molar-refractivity contribution in [2.75, 3.05) is 6.61 Å². The Morgan fingerprint density at radius 2 is 2.33 bits per heavy atom. The van der Waals surface area contributed by atoms with Crippen LogP contribution in [0.15, 0.2) is 24.5 Å². The van der Waals surface area contributed by atoms with Gasteiger partial charge in [0.1, 0.15) is 25.5 Å². The molecule has 1 aromatic rings. The SMILES string of the molecule is C=C(C)C(=O)OCCn1cc[n+](C)c1C. The summed E-state index contributed by atoms with van der Waals surface area (Å²) in [6.45, 7) is 8.22. The van der Waals surface area contributed by atoms with E-state index < -0.39 is 0 Å². The number of aryl methyl sites for hydroxylation is 1. The first kappa shape index (κ1) is 11.5. The molecule has 0 saturated heterocycles. The van der Waals surface area contributed by atoms with E-state index in [0.717, 1.165) is 5.82 Å². The maximum atomic E-state index is 11.1. The average Bonchev–Trinajstić information content (AvgIpc) is 2.49. The van der Waals surface area contributed by atoms with Crippen LogP contribution in [-0.2, 0) is 23.1 Å². The van der Waals surface area contributed by atoms with Gasteiger partial charge in [0.2, 0.25) is 0 Å². The van der Waals surface area contributed by atoms with Gasteiger partial charge in [-0.15, -0.1) is 0 Å². The first-order chi connectivity index (χ1) is 7.02. The Morgan fingerprint density at radius 1 is 1.67 bits per heavy atom. The maximum absolute atomic E-state index is 11.1. The first-order valence-electron chi connectivity index (χ1n) is 4.86. The molecule has 0 bridgehead atoms. The maximum Gasteiger partial charge on any atom is 0.333 e. The minimum Gasteiger partial charge on any atom is -0.458 e. The molecule has 0 N–H and O–H groups in total. The van der Waals surface area contributed by atoms with Gasteiger partial charge in [0.15, 0.2) is 0 Å². The van der Waals surface area contributed by atoms with Crippen LogP contribution in [0.1, 0.15) is 12.7 Å². The van der Waals surface area contributed by atoms with E-state index in [1.54, 1.807) is 6.92 Å². The number of aromatic nitrogens is 2. The van der Waals surface area contributed by atoms with E-state index in [0.29, 0.717) is 18.7 Å². The van der Waals surface area contributed by atoms with Gasteiger partial charge in [0.05, 0.1) is 7.05 Å². The number of carbonyl (C=O) groups excluding carboxylic acids is 1. The number of rotatable bonds is 4. The molecule has 0 spiro atoms. The summed E-state index contributed by atoms with van der Waals surface area (Å²) in [5.41, 5.74) is 0.435. The topological polar surface area (TPSA) is 35.1 Å². The monoisotopic (exact) mass is 209 g/mol. The van der Waals surface area contributed by atoms with Crippen molar-refractivity contribution in [2.45, 2.75) is 20.4 Å². The molecule has 0 radical (unpaired) electrons. The molecule has 82 valence electrons. The molecular formula is C11H17N2O2+. The summed E-state index contributed by atoms with van der Waals surface area (Å²) in [5, 5.41) is 0. The molecule has 0 fully saturated rings. The van der Waals surface area contributed by atoms with Crippen molar-refractivity contribution < 1.29 is 14.1 Å². The van der Waals surface area contributed by atoms with Crippen LogP contribution in [0.3, 0.4) is 0 Å². The molecule has 0 atom stereocenters. The number of hydrogen-bond acceptors (Lipinski definition) is 2. The van der Waals surface area contributed by atoms with E-state index in [1.165, 1.54) is 0 Å². The van der Waals surface area contributed by atoms with Crippen LogP contribution in [0, 0.1) is 6.92 Å². The average molecular weight is 209 g/mol. The highest BCUT2D eigenvalue weighted by atomic mass is 16.5. The number of carbonyl (C=O) groups is 1. The van der Waals surface area contributed by atoms with Crippen LogP contribution >= 0.6 is 0 Å². The zero-order valence-electron chi connectivity index (χ0n) is 9.49. The molecule has 1 rings (SSSR count). The molecule has 0 unspecified atom stereocenters. The highest BCUT2D eigenvalue weighted by Gasteiger charge is 2.09. The molecule has 4 heteroatoms. The van der Waals surface area contributed by atoms with Crippen LogP contribution in [0.5, 0.6) is 0 Å². The third-order valence-corrected chi connectivity index (χ3v) is 2.31. The fourth-order valence-corrected chi connectivity index (χ4v) is 1.20. The minimum absolute atomic E-state index is 0.329. The van der Waals surface area contributed by atoms with Gasteiger partial charge in [0.25, 0.3) is 5.82 Å². The molecule has 0 aromatic carbocycles. The van der Waals surface area contributed by atoms with Crippen LogP contribution in [0.25, 0.3) is 0 Å². The van der Waals surface area contributed by atoms with Crippen LogP contribution in [0.4, 0.5) is 0 Å². The summed E-state index contributed by atoms with van der Waals surface area (Å²) >= 11 is 0. The van der Waals surface area contributed by atoms with E-state index in [4.69, 9.17) is 4.74 Å². The van der Waals surface area contributed by atoms with Gasteiger partial charge in [-0.05, 0) is 6.92 Å². The summed E-state index contributed by atoms with van der Waals surface area (Å²) in [5.74, 6) is 0.797. The van der Waals surface area contributed by atoms with Crippen LogP contribution in [0.2, 0.25) is 0 Å². The molecule has 0 aliphatic rings. The van der Waals surface area contributed by atoms with Gasteiger partial charge in [-0.25, -0.2) is 13.9 Å². The number of ether oxygens (including phenoxy) is 1. The number of imidazole rings is 1. The lowest BCUT2D eigenvalue weighted by molar-refractivity contribution is -0.677. The first-order valence-corrected chi connectivity index (χ1v) is 4.86. The van der Waals surface area contributed by atoms with Crippen LogP contribution < -0.4 is 4.57 Å². The standard InChI is InChI=1S/C11H17N2O2/c1-9(2)11(14)15-8-7-13-6-5-12(4)10(13)3/h5-6H,1,7-8H2,2-4H3/q+1. The Labute approximate surface area is 89.8 Å². The molecule has 0 saturated carbocycles. The second-order valence-electron chi connectivity index (χ2n) is 3.57. The lowest BCUT2D eigenvalue weighted by Gasteiger charge is -2.02. The predicted molar refractivity (Wildman–Crippen MR) is 56.1 cm³/mol. The zero-order chi connectivity index (χ0) is 11.4. The molecular weight excluding hydrogens is 192 g/mol. The molecule has 0 aliphatic heterocycles. The summed E-state index contributed by atoms with van der Waals surface area (Å²) in [7, 11) is 1.98. The predicted octanol–water partition coefficient (Wildman–Crippen LogP) is 0.740. The van der Waals surface area contributed by atoms with E-state index in [9.17, 15) is 4.79 Å². The normalized spacial score (nSPS) is 10.1. The fourth-order valence-electron chi connectivity index (χ4n) is 1.20. The largest absolute Gasteiger partial charge is 0.458 e. The molecule has 0 aliphatic carbocycles. The summed E-state index contributed by atoms with van der Waals surface area (Å²) in [6, 6.07) is 0. The lowest BCUT2D eigenvalue weighted by atomic mass is 10.4. The minimum atomic E-state index is -0.329. The smallest absolute Gasteiger partial charge is 0.333 e. The summed E-state index contributed by atoms with van der Waals surface area (Å²) in [6.07, 6.45) is 3.93. The van der Waals surface area contributed by atoms with E-state index in [-0.39, 0.29) is 5.97 Å². The van der Waals surface area contributed by atoms with Crippen molar-refractivity contribution in [3.05, 3.63) is 30.4 Å². The third-order valence-electron chi connectivity index (χ3n) is 2.31. The van der Waals surface area contributed by atoms with Crippen molar-refractivity contribution in [2.24, 2.45) is 7.05 Å². The second-order valence-corrected chi connectivity index (χ2v) is 3.57. The Balaban J connectivity index is 2.42. The van der Waals surface area contributed by atoms with Crippen molar-refractivity contribution in [3.8, 4) is 0 Å². The van der Waals surface area contributed by atoms with E-state index in [1.807, 2.05) is 35.5 Å². The zero-order valence-corrected chi connectivity index (χ0v) is 9.49. The molecule has 4 nitrogen and oxygen atoms in total. The Morgan fingerprint density at radius 3 is 2.80 bits per heavy atom. The van der Waals surface area contributed by atoms with E-state index >= 15 is 0 Å². The van der Waals surface area contributed by atoms with Crippen LogP contribution in [-0.4, -0.2) is 17.1 Å². The molecule has 15 heavy (non-hydrogen) atoms. The van der Waals surface area contributed by atoms with Gasteiger partial charge < -0.3 is 4.74 Å². The number of esters is 1. The van der Waals surface area contributed by atoms with Crippen molar-refractivity contribution >= 4 is 5.97 Å². The fraction of sp³-hybridized carbons (Fsp3) is 0.455. The van der Waals surface area contributed by atoms with Gasteiger partial charge in [-0.3, -0.25) is 0 Å². The highest BCUT2D eigenvalue weighted by molar-refractivity contribution is 5.86. The second kappa shape index (κ2) is 4.77. The van der Waals surface area contributed by atoms with Gasteiger partial charge >= 0.3 is 5.97 Å². The van der Waals surface area contributed by atoms with Crippen molar-refractivity contribution in [1.29, 1.82) is 0 Å². The summed E-state index contributed by atoms with van der Waals surface area (Å²) < 4.78 is 9.05. The number of nitrogens with zero attached hydrogens (tertiary/aromatic N) is 2. The number of hydrogen-bond donors (Lipinski definition) is 0. The lowest BCUT2D eigenvalue weighted by Crippen LogP contribution is -2.30. The molecule has 0 amide bonds. The third kappa shape index (κ3) is 2.94. The highest BCUT2D eigenvalue weighted by Crippen LogP contribution is 1.95. The Hall–Kier alpha value is -1.58. The van der Waals surface area contributed by atoms with Crippen molar-refractivity contribution in [3.63, 3.8) is 0 Å². The van der Waals surface area contributed by atoms with Gasteiger partial charge in [-0.2, -0.15) is 0 Å². The Bertz CT molecular complexity index is 380.